The lowest BCUT2D eigenvalue weighted by atomic mass is 9.98. The van der Waals surface area contributed by atoms with Crippen LogP contribution in [0.3, 0.4) is 0 Å². The lowest BCUT2D eigenvalue weighted by Gasteiger charge is -2.21. The van der Waals surface area contributed by atoms with Crippen molar-refractivity contribution in [3.05, 3.63) is 63.5 Å². The maximum Gasteiger partial charge on any atom is 0.416 e. The van der Waals surface area contributed by atoms with Crippen LogP contribution in [0.5, 0.6) is 0 Å². The molecule has 0 fully saturated rings. The highest BCUT2D eigenvalue weighted by Gasteiger charge is 2.35. The maximum absolute atomic E-state index is 13.7. The van der Waals surface area contributed by atoms with Gasteiger partial charge in [0.25, 0.3) is 5.56 Å². The Kier molecular flexibility index (Phi) is 5.51. The van der Waals surface area contributed by atoms with E-state index in [0.29, 0.717) is 11.5 Å². The van der Waals surface area contributed by atoms with Crippen molar-refractivity contribution in [3.63, 3.8) is 0 Å². The molecule has 0 amide bonds. The number of carbonyl (C=O) groups is 1. The summed E-state index contributed by atoms with van der Waals surface area (Å²) in [5.41, 5.74) is -0.948. The van der Waals surface area contributed by atoms with Crippen molar-refractivity contribution in [2.75, 3.05) is 12.4 Å². The first kappa shape index (κ1) is 21.3. The Labute approximate surface area is 169 Å². The van der Waals surface area contributed by atoms with E-state index in [1.165, 1.54) is 50.0 Å². The van der Waals surface area contributed by atoms with Crippen LogP contribution < -0.4 is 10.9 Å². The van der Waals surface area contributed by atoms with Crippen LogP contribution in [0.2, 0.25) is 0 Å². The average Bonchev–Trinajstić information content (AvgIpc) is 2.70. The van der Waals surface area contributed by atoms with Gasteiger partial charge >= 0.3 is 12.1 Å². The van der Waals surface area contributed by atoms with Gasteiger partial charge in [-0.3, -0.25) is 9.36 Å². The number of aromatic nitrogens is 3. The zero-order valence-corrected chi connectivity index (χ0v) is 16.7. The molecule has 3 aromatic rings. The highest BCUT2D eigenvalue weighted by Crippen LogP contribution is 2.37. The third-order valence-electron chi connectivity index (χ3n) is 4.78. The van der Waals surface area contributed by atoms with Crippen LogP contribution in [-0.2, 0) is 18.0 Å². The Morgan fingerprint density at radius 2 is 1.97 bits per heavy atom. The molecule has 0 aliphatic carbocycles. The van der Waals surface area contributed by atoms with Crippen molar-refractivity contribution in [1.82, 2.24) is 14.5 Å². The van der Waals surface area contributed by atoms with Gasteiger partial charge in [-0.25, -0.2) is 14.8 Å². The monoisotopic (exact) mass is 420 g/mol. The second-order valence-electron chi connectivity index (χ2n) is 6.77. The molecule has 10 heteroatoms. The molecule has 0 saturated carbocycles. The van der Waals surface area contributed by atoms with Gasteiger partial charge in [-0.2, -0.15) is 13.2 Å². The standard InChI is InChI=1S/C20H19F3N4O3/c1-10(25-12-5-6-16(24-9-12)19(29)30-4)13-7-14-17(8-15(13)20(21,22)23)26-11(2)27(3)18(14)28/h5-10,25H,1-4H3/t10-/m0/s1. The Hall–Kier alpha value is -3.43. The predicted octanol–water partition coefficient (Wildman–Crippen LogP) is 3.62. The Morgan fingerprint density at radius 3 is 2.53 bits per heavy atom. The second kappa shape index (κ2) is 7.77. The average molecular weight is 420 g/mol. The van der Waals surface area contributed by atoms with Crippen molar-refractivity contribution in [3.8, 4) is 0 Å². The number of halogens is 3. The normalized spacial score (nSPS) is 12.6. The van der Waals surface area contributed by atoms with Gasteiger partial charge in [0.2, 0.25) is 0 Å². The fourth-order valence-corrected chi connectivity index (χ4v) is 3.08. The zero-order valence-electron chi connectivity index (χ0n) is 16.7. The van der Waals surface area contributed by atoms with Crippen LogP contribution in [0.15, 0.2) is 35.3 Å². The second-order valence-corrected chi connectivity index (χ2v) is 6.77. The van der Waals surface area contributed by atoms with E-state index in [4.69, 9.17) is 0 Å². The maximum atomic E-state index is 13.7. The van der Waals surface area contributed by atoms with Gasteiger partial charge < -0.3 is 10.1 Å². The first-order valence-electron chi connectivity index (χ1n) is 8.92. The smallest absolute Gasteiger partial charge is 0.416 e. The van der Waals surface area contributed by atoms with Crippen molar-refractivity contribution in [2.24, 2.45) is 7.05 Å². The summed E-state index contributed by atoms with van der Waals surface area (Å²) in [7, 11) is 2.73. The minimum atomic E-state index is -4.64. The van der Waals surface area contributed by atoms with Gasteiger partial charge in [0, 0.05) is 13.1 Å². The van der Waals surface area contributed by atoms with E-state index in [2.05, 4.69) is 20.0 Å². The number of nitrogens with zero attached hydrogens (tertiary/aromatic N) is 3. The minimum absolute atomic E-state index is 0.0111. The summed E-state index contributed by atoms with van der Waals surface area (Å²) < 4.78 is 47.1. The molecule has 0 spiro atoms. The molecular formula is C20H19F3N4O3. The molecule has 0 saturated heterocycles. The summed E-state index contributed by atoms with van der Waals surface area (Å²) in [6.07, 6.45) is -3.32. The lowest BCUT2D eigenvalue weighted by molar-refractivity contribution is -0.138. The van der Waals surface area contributed by atoms with Crippen LogP contribution in [0.1, 0.15) is 40.4 Å². The first-order valence-corrected chi connectivity index (χ1v) is 8.92. The molecule has 30 heavy (non-hydrogen) atoms. The number of alkyl halides is 3. The Balaban J connectivity index is 2.06. The molecule has 1 aromatic carbocycles. The van der Waals surface area contributed by atoms with Crippen LogP contribution in [0.4, 0.5) is 18.9 Å². The molecule has 2 heterocycles. The summed E-state index contributed by atoms with van der Waals surface area (Å²) >= 11 is 0. The molecule has 158 valence electrons. The number of fused-ring (bicyclic) bond motifs is 1. The summed E-state index contributed by atoms with van der Waals surface area (Å²) in [6.45, 7) is 3.09. The molecule has 2 aromatic heterocycles. The van der Waals surface area contributed by atoms with Crippen molar-refractivity contribution >= 4 is 22.6 Å². The first-order chi connectivity index (χ1) is 14.0. The molecule has 7 nitrogen and oxygen atoms in total. The summed E-state index contributed by atoms with van der Waals surface area (Å²) in [5.74, 6) is -0.307. The van der Waals surface area contributed by atoms with E-state index < -0.39 is 29.3 Å². The van der Waals surface area contributed by atoms with E-state index in [9.17, 15) is 22.8 Å². The number of methoxy groups -OCH3 is 1. The van der Waals surface area contributed by atoms with Gasteiger partial charge in [-0.15, -0.1) is 0 Å². The van der Waals surface area contributed by atoms with Gasteiger partial charge in [0.15, 0.2) is 0 Å². The molecule has 0 radical (unpaired) electrons. The third-order valence-corrected chi connectivity index (χ3v) is 4.78. The van der Waals surface area contributed by atoms with Crippen molar-refractivity contribution in [2.45, 2.75) is 26.1 Å². The van der Waals surface area contributed by atoms with Gasteiger partial charge in [0.1, 0.15) is 11.5 Å². The molecule has 1 N–H and O–H groups in total. The van der Waals surface area contributed by atoms with Gasteiger partial charge in [0.05, 0.1) is 35.5 Å². The number of nitrogens with one attached hydrogen (secondary N) is 1. The summed E-state index contributed by atoms with van der Waals surface area (Å²) in [5, 5.41) is 3.02. The third kappa shape index (κ3) is 3.98. The van der Waals surface area contributed by atoms with E-state index in [1.54, 1.807) is 6.92 Å². The van der Waals surface area contributed by atoms with Crippen molar-refractivity contribution < 1.29 is 22.7 Å². The fraction of sp³-hybridized carbons (Fsp3) is 0.300. The quantitative estimate of drug-likeness (QED) is 0.649. The number of rotatable bonds is 4. The van der Waals surface area contributed by atoms with Gasteiger partial charge in [-0.1, -0.05) is 0 Å². The van der Waals surface area contributed by atoms with E-state index in [-0.39, 0.29) is 22.2 Å². The SMILES string of the molecule is COC(=O)c1ccc(N[C@@H](C)c2cc3c(=O)n(C)c(C)nc3cc2C(F)(F)F)cn1. The number of hydrogen-bond acceptors (Lipinski definition) is 6. The molecule has 0 bridgehead atoms. The summed E-state index contributed by atoms with van der Waals surface area (Å²) in [6, 6.07) is 4.21. The molecule has 0 unspecified atom stereocenters. The number of hydrogen-bond donors (Lipinski definition) is 1. The molecule has 0 aliphatic rings. The Morgan fingerprint density at radius 1 is 1.27 bits per heavy atom. The van der Waals surface area contributed by atoms with Crippen LogP contribution in [0.25, 0.3) is 10.9 Å². The number of aryl methyl sites for hydroxylation is 1. The van der Waals surface area contributed by atoms with Crippen LogP contribution >= 0.6 is 0 Å². The summed E-state index contributed by atoms with van der Waals surface area (Å²) in [4.78, 5) is 32.1. The van der Waals surface area contributed by atoms with Crippen molar-refractivity contribution in [1.29, 1.82) is 0 Å². The highest BCUT2D eigenvalue weighted by molar-refractivity contribution is 5.87. The number of pyridine rings is 1. The van der Waals surface area contributed by atoms with E-state index >= 15 is 0 Å². The van der Waals surface area contributed by atoms with Gasteiger partial charge in [-0.05, 0) is 43.7 Å². The zero-order chi connectivity index (χ0) is 22.2. The minimum Gasteiger partial charge on any atom is -0.464 e. The molecular weight excluding hydrogens is 401 g/mol. The number of anilines is 1. The number of esters is 1. The number of ether oxygens (including phenoxy) is 1. The molecule has 1 atom stereocenters. The number of benzene rings is 1. The predicted molar refractivity (Wildman–Crippen MR) is 104 cm³/mol. The van der Waals surface area contributed by atoms with E-state index in [0.717, 1.165) is 6.07 Å². The lowest BCUT2D eigenvalue weighted by Crippen LogP contribution is -2.22. The highest BCUT2D eigenvalue weighted by atomic mass is 19.4. The van der Waals surface area contributed by atoms with Crippen LogP contribution in [0, 0.1) is 6.92 Å². The topological polar surface area (TPSA) is 86.1 Å². The molecule has 3 rings (SSSR count). The van der Waals surface area contributed by atoms with Crippen LogP contribution in [-0.4, -0.2) is 27.6 Å². The number of carbonyl (C=O) groups excluding carboxylic acids is 1. The van der Waals surface area contributed by atoms with E-state index in [1.807, 2.05) is 0 Å². The Bertz CT molecular complexity index is 1170. The fourth-order valence-electron chi connectivity index (χ4n) is 3.08. The largest absolute Gasteiger partial charge is 0.464 e. The molecule has 0 aliphatic heterocycles.